The molecule has 0 atom stereocenters. The van der Waals surface area contributed by atoms with Gasteiger partial charge in [-0.05, 0) is 35.4 Å². The molecule has 0 saturated carbocycles. The zero-order valence-corrected chi connectivity index (χ0v) is 17.2. The van der Waals surface area contributed by atoms with E-state index in [0.29, 0.717) is 31.9 Å². The van der Waals surface area contributed by atoms with E-state index < -0.39 is 0 Å². The van der Waals surface area contributed by atoms with Crippen LogP contribution in [0.2, 0.25) is 0 Å². The largest absolute Gasteiger partial charge is 0.333 e. The summed E-state index contributed by atoms with van der Waals surface area (Å²) in [6.07, 6.45) is 0. The number of rotatable bonds is 7. The Kier molecular flexibility index (Phi) is 6.26. The van der Waals surface area contributed by atoms with Gasteiger partial charge in [0.15, 0.2) is 0 Å². The standard InChI is InChI=1S/C25H24FN3O2/c26-22-11-13-23(14-12-22)29-16-15-27(25(29)31)19-24(30)28(17-20-7-3-1-4-8-20)18-21-9-5-2-6-10-21/h1-14H,15-19H2. The second kappa shape index (κ2) is 9.43. The predicted molar refractivity (Wildman–Crippen MR) is 118 cm³/mol. The zero-order valence-electron chi connectivity index (χ0n) is 17.2. The first-order chi connectivity index (χ1) is 15.1. The van der Waals surface area contributed by atoms with Crippen molar-refractivity contribution in [2.45, 2.75) is 13.1 Å². The number of carbonyl (C=O) groups is 2. The van der Waals surface area contributed by atoms with Gasteiger partial charge in [-0.3, -0.25) is 9.69 Å². The van der Waals surface area contributed by atoms with Crippen LogP contribution in [0.25, 0.3) is 0 Å². The number of hydrogen-bond donors (Lipinski definition) is 0. The van der Waals surface area contributed by atoms with Crippen molar-refractivity contribution in [2.75, 3.05) is 24.5 Å². The van der Waals surface area contributed by atoms with E-state index in [0.717, 1.165) is 11.1 Å². The van der Waals surface area contributed by atoms with E-state index in [1.807, 2.05) is 60.7 Å². The molecule has 0 bridgehead atoms. The summed E-state index contributed by atoms with van der Waals surface area (Å²) in [6.45, 7) is 1.87. The minimum absolute atomic E-state index is 0.0101. The maximum absolute atomic E-state index is 13.2. The van der Waals surface area contributed by atoms with Gasteiger partial charge >= 0.3 is 6.03 Å². The summed E-state index contributed by atoms with van der Waals surface area (Å²) in [7, 11) is 0. The van der Waals surface area contributed by atoms with Gasteiger partial charge in [-0.25, -0.2) is 9.18 Å². The Hall–Kier alpha value is -3.67. The van der Waals surface area contributed by atoms with E-state index in [4.69, 9.17) is 0 Å². The highest BCUT2D eigenvalue weighted by molar-refractivity contribution is 5.96. The Labute approximate surface area is 181 Å². The summed E-state index contributed by atoms with van der Waals surface area (Å²) in [5.74, 6) is -0.457. The Bertz CT molecular complexity index is 984. The molecule has 4 rings (SSSR count). The highest BCUT2D eigenvalue weighted by Crippen LogP contribution is 2.21. The lowest BCUT2D eigenvalue weighted by molar-refractivity contribution is -0.132. The van der Waals surface area contributed by atoms with Crippen molar-refractivity contribution in [1.29, 1.82) is 0 Å². The number of halogens is 1. The number of nitrogens with zero attached hydrogens (tertiary/aromatic N) is 3. The lowest BCUT2D eigenvalue weighted by Gasteiger charge is -2.26. The van der Waals surface area contributed by atoms with E-state index in [-0.39, 0.29) is 24.3 Å². The molecule has 0 aliphatic carbocycles. The molecule has 0 aromatic heterocycles. The van der Waals surface area contributed by atoms with E-state index in [2.05, 4.69) is 0 Å². The molecule has 3 amide bonds. The predicted octanol–water partition coefficient (Wildman–Crippen LogP) is 4.30. The average Bonchev–Trinajstić information content (AvgIpc) is 3.15. The third-order valence-corrected chi connectivity index (χ3v) is 5.34. The normalized spacial score (nSPS) is 13.5. The molecule has 0 N–H and O–H groups in total. The number of carbonyl (C=O) groups excluding carboxylic acids is 2. The molecule has 158 valence electrons. The molecule has 3 aromatic rings. The van der Waals surface area contributed by atoms with Gasteiger partial charge in [-0.2, -0.15) is 0 Å². The summed E-state index contributed by atoms with van der Waals surface area (Å²) < 4.78 is 13.2. The van der Waals surface area contributed by atoms with Gasteiger partial charge in [-0.15, -0.1) is 0 Å². The Balaban J connectivity index is 1.46. The fourth-order valence-electron chi connectivity index (χ4n) is 3.69. The summed E-state index contributed by atoms with van der Waals surface area (Å²) in [4.78, 5) is 31.0. The fraction of sp³-hybridized carbons (Fsp3) is 0.200. The van der Waals surface area contributed by atoms with Crippen LogP contribution in [0, 0.1) is 5.82 Å². The van der Waals surface area contributed by atoms with Crippen molar-refractivity contribution >= 4 is 17.6 Å². The van der Waals surface area contributed by atoms with Crippen molar-refractivity contribution in [1.82, 2.24) is 9.80 Å². The summed E-state index contributed by atoms with van der Waals surface area (Å²) >= 11 is 0. The van der Waals surface area contributed by atoms with Crippen LogP contribution >= 0.6 is 0 Å². The first kappa shape index (κ1) is 20.6. The third kappa shape index (κ3) is 5.09. The zero-order chi connectivity index (χ0) is 21.6. The molecule has 6 heteroatoms. The lowest BCUT2D eigenvalue weighted by Crippen LogP contribution is -2.41. The number of urea groups is 1. The van der Waals surface area contributed by atoms with Crippen LogP contribution < -0.4 is 4.90 Å². The number of hydrogen-bond acceptors (Lipinski definition) is 2. The van der Waals surface area contributed by atoms with Gasteiger partial charge in [0.2, 0.25) is 5.91 Å². The maximum Gasteiger partial charge on any atom is 0.325 e. The summed E-state index contributed by atoms with van der Waals surface area (Å²) in [5.41, 5.74) is 2.70. The lowest BCUT2D eigenvalue weighted by atomic mass is 10.1. The second-order valence-corrected chi connectivity index (χ2v) is 7.55. The van der Waals surface area contributed by atoms with Crippen LogP contribution in [0.4, 0.5) is 14.9 Å². The Morgan fingerprint density at radius 3 is 1.90 bits per heavy atom. The van der Waals surface area contributed by atoms with Gasteiger partial charge < -0.3 is 9.80 Å². The molecule has 31 heavy (non-hydrogen) atoms. The smallest absolute Gasteiger partial charge is 0.325 e. The van der Waals surface area contributed by atoms with Crippen molar-refractivity contribution in [3.05, 3.63) is 102 Å². The molecule has 1 aliphatic rings. The summed E-state index contributed by atoms with van der Waals surface area (Å²) in [6, 6.07) is 25.2. The molecule has 5 nitrogen and oxygen atoms in total. The first-order valence-electron chi connectivity index (χ1n) is 10.3. The Morgan fingerprint density at radius 1 is 0.806 bits per heavy atom. The van der Waals surface area contributed by atoms with Crippen LogP contribution in [-0.2, 0) is 17.9 Å². The molecule has 1 aliphatic heterocycles. The van der Waals surface area contributed by atoms with Crippen molar-refractivity contribution in [3.63, 3.8) is 0 Å². The molecule has 1 fully saturated rings. The fourth-order valence-corrected chi connectivity index (χ4v) is 3.69. The average molecular weight is 417 g/mol. The van der Waals surface area contributed by atoms with Crippen LogP contribution in [0.5, 0.6) is 0 Å². The molecule has 1 heterocycles. The minimum Gasteiger partial charge on any atom is -0.333 e. The molecule has 1 saturated heterocycles. The third-order valence-electron chi connectivity index (χ3n) is 5.34. The van der Waals surface area contributed by atoms with Crippen molar-refractivity contribution < 1.29 is 14.0 Å². The Morgan fingerprint density at radius 2 is 1.35 bits per heavy atom. The topological polar surface area (TPSA) is 43.9 Å². The van der Waals surface area contributed by atoms with Crippen LogP contribution in [0.1, 0.15) is 11.1 Å². The molecule has 3 aromatic carbocycles. The highest BCUT2D eigenvalue weighted by Gasteiger charge is 2.32. The second-order valence-electron chi connectivity index (χ2n) is 7.55. The van der Waals surface area contributed by atoms with Gasteiger partial charge in [0.05, 0.1) is 0 Å². The van der Waals surface area contributed by atoms with Gasteiger partial charge in [0.1, 0.15) is 12.4 Å². The van der Waals surface area contributed by atoms with Gasteiger partial charge in [0, 0.05) is 31.9 Å². The van der Waals surface area contributed by atoms with Crippen molar-refractivity contribution in [2.24, 2.45) is 0 Å². The van der Waals surface area contributed by atoms with E-state index in [9.17, 15) is 14.0 Å². The summed E-state index contributed by atoms with van der Waals surface area (Å²) in [5, 5.41) is 0. The molecule has 0 unspecified atom stereocenters. The molecular weight excluding hydrogens is 393 g/mol. The van der Waals surface area contributed by atoms with Gasteiger partial charge in [0.25, 0.3) is 0 Å². The van der Waals surface area contributed by atoms with Crippen molar-refractivity contribution in [3.8, 4) is 0 Å². The minimum atomic E-state index is -0.347. The molecule has 0 spiro atoms. The van der Waals surface area contributed by atoms with Crippen LogP contribution in [0.3, 0.4) is 0 Å². The number of benzene rings is 3. The highest BCUT2D eigenvalue weighted by atomic mass is 19.1. The molecular formula is C25H24FN3O2. The number of amides is 3. The van der Waals surface area contributed by atoms with Crippen LogP contribution in [-0.4, -0.2) is 41.4 Å². The first-order valence-corrected chi connectivity index (χ1v) is 10.3. The maximum atomic E-state index is 13.2. The van der Waals surface area contributed by atoms with E-state index in [1.165, 1.54) is 12.1 Å². The van der Waals surface area contributed by atoms with E-state index >= 15 is 0 Å². The van der Waals surface area contributed by atoms with Gasteiger partial charge in [-0.1, -0.05) is 60.7 Å². The quantitative estimate of drug-likeness (QED) is 0.575. The van der Waals surface area contributed by atoms with E-state index in [1.54, 1.807) is 26.8 Å². The number of anilines is 1. The molecule has 0 radical (unpaired) electrons. The van der Waals surface area contributed by atoms with Crippen LogP contribution in [0.15, 0.2) is 84.9 Å². The monoisotopic (exact) mass is 417 g/mol. The SMILES string of the molecule is O=C(CN1CCN(c2ccc(F)cc2)C1=O)N(Cc1ccccc1)Cc1ccccc1.